The molecule has 5 heteroatoms. The Bertz CT molecular complexity index is 1120. The lowest BCUT2D eigenvalue weighted by Gasteiger charge is -2.12. The molecule has 0 unspecified atom stereocenters. The van der Waals surface area contributed by atoms with Crippen LogP contribution in [0.5, 0.6) is 11.5 Å². The van der Waals surface area contributed by atoms with Crippen LogP contribution in [-0.2, 0) is 0 Å². The Kier molecular flexibility index (Phi) is 4.34. The average Bonchev–Trinajstić information content (AvgIpc) is 3.02. The molecule has 1 amide bonds. The molecule has 27 heavy (non-hydrogen) atoms. The van der Waals surface area contributed by atoms with Crippen LogP contribution >= 0.6 is 0 Å². The van der Waals surface area contributed by atoms with Crippen LogP contribution in [0.3, 0.4) is 0 Å². The van der Waals surface area contributed by atoms with Gasteiger partial charge in [0.15, 0.2) is 5.75 Å². The monoisotopic (exact) mass is 357 g/mol. The summed E-state index contributed by atoms with van der Waals surface area (Å²) < 4.78 is 7.75. The normalized spacial score (nSPS) is 10.7. The van der Waals surface area contributed by atoms with Gasteiger partial charge in [-0.25, -0.2) is 4.98 Å². The van der Waals surface area contributed by atoms with Crippen LogP contribution in [0.1, 0.15) is 21.7 Å². The third kappa shape index (κ3) is 3.27. The van der Waals surface area contributed by atoms with Crippen molar-refractivity contribution in [3.05, 3.63) is 89.9 Å². The van der Waals surface area contributed by atoms with Gasteiger partial charge < -0.3 is 10.1 Å². The third-order valence-electron chi connectivity index (χ3n) is 4.34. The molecule has 4 rings (SSSR count). The Morgan fingerprint density at radius 2 is 1.70 bits per heavy atom. The molecule has 2 aromatic carbocycles. The maximum absolute atomic E-state index is 13.0. The number of imidazole rings is 1. The van der Waals surface area contributed by atoms with Crippen molar-refractivity contribution in [1.29, 1.82) is 0 Å². The summed E-state index contributed by atoms with van der Waals surface area (Å²) in [4.78, 5) is 17.5. The summed E-state index contributed by atoms with van der Waals surface area (Å²) in [5, 5.41) is 2.96. The van der Waals surface area contributed by atoms with Crippen molar-refractivity contribution in [2.75, 3.05) is 5.32 Å². The Morgan fingerprint density at radius 1 is 0.963 bits per heavy atom. The Morgan fingerprint density at radius 3 is 2.52 bits per heavy atom. The number of para-hydroxylation sites is 3. The summed E-state index contributed by atoms with van der Waals surface area (Å²) in [7, 11) is 0. The van der Waals surface area contributed by atoms with Gasteiger partial charge in [-0.3, -0.25) is 9.20 Å². The maximum Gasteiger partial charge on any atom is 0.274 e. The first-order chi connectivity index (χ1) is 13.1. The fourth-order valence-electron chi connectivity index (χ4n) is 3.05. The van der Waals surface area contributed by atoms with Crippen LogP contribution in [0.25, 0.3) is 5.65 Å². The number of carbonyl (C=O) groups is 1. The highest BCUT2D eigenvalue weighted by Crippen LogP contribution is 2.29. The van der Waals surface area contributed by atoms with E-state index < -0.39 is 0 Å². The molecule has 1 N–H and O–H groups in total. The SMILES string of the molecule is Cc1nc2c(C)cccn2c1C(=O)Nc1ccccc1Oc1ccccc1. The number of hydrogen-bond acceptors (Lipinski definition) is 3. The summed E-state index contributed by atoms with van der Waals surface area (Å²) in [5.74, 6) is 1.07. The minimum atomic E-state index is -0.227. The smallest absolute Gasteiger partial charge is 0.274 e. The van der Waals surface area contributed by atoms with E-state index in [0.29, 0.717) is 28.6 Å². The third-order valence-corrected chi connectivity index (χ3v) is 4.34. The second kappa shape index (κ2) is 6.96. The van der Waals surface area contributed by atoms with Crippen LogP contribution in [0.15, 0.2) is 72.9 Å². The van der Waals surface area contributed by atoms with Gasteiger partial charge in [0.05, 0.1) is 11.4 Å². The van der Waals surface area contributed by atoms with E-state index in [1.54, 1.807) is 0 Å². The van der Waals surface area contributed by atoms with Crippen LogP contribution in [0.2, 0.25) is 0 Å². The van der Waals surface area contributed by atoms with Crippen LogP contribution in [-0.4, -0.2) is 15.3 Å². The largest absolute Gasteiger partial charge is 0.455 e. The van der Waals surface area contributed by atoms with E-state index in [4.69, 9.17) is 4.74 Å². The number of rotatable bonds is 4. The maximum atomic E-state index is 13.0. The molecule has 2 aromatic heterocycles. The van der Waals surface area contributed by atoms with Crippen molar-refractivity contribution < 1.29 is 9.53 Å². The van der Waals surface area contributed by atoms with Gasteiger partial charge in [0.2, 0.25) is 0 Å². The van der Waals surface area contributed by atoms with Crippen molar-refractivity contribution in [2.45, 2.75) is 13.8 Å². The number of amides is 1. The molecule has 0 aliphatic heterocycles. The van der Waals surface area contributed by atoms with E-state index >= 15 is 0 Å². The summed E-state index contributed by atoms with van der Waals surface area (Å²) in [5.41, 5.74) is 3.61. The molecule has 5 nitrogen and oxygen atoms in total. The van der Waals surface area contributed by atoms with Crippen molar-refractivity contribution in [3.63, 3.8) is 0 Å². The second-order valence-electron chi connectivity index (χ2n) is 6.30. The van der Waals surface area contributed by atoms with Crippen LogP contribution in [0, 0.1) is 13.8 Å². The van der Waals surface area contributed by atoms with Crippen molar-refractivity contribution in [2.24, 2.45) is 0 Å². The van der Waals surface area contributed by atoms with E-state index in [2.05, 4.69) is 10.3 Å². The predicted molar refractivity (Wildman–Crippen MR) is 106 cm³/mol. The quantitative estimate of drug-likeness (QED) is 0.559. The molecular weight excluding hydrogens is 338 g/mol. The highest BCUT2D eigenvalue weighted by Gasteiger charge is 2.18. The first-order valence-corrected chi connectivity index (χ1v) is 8.71. The Hall–Kier alpha value is -3.60. The number of aryl methyl sites for hydroxylation is 2. The zero-order chi connectivity index (χ0) is 18.8. The minimum absolute atomic E-state index is 0.227. The standard InChI is InChI=1S/C22H19N3O2/c1-15-9-8-14-25-20(16(2)23-21(15)25)22(26)24-18-12-6-7-13-19(18)27-17-10-4-3-5-11-17/h3-14H,1-2H3,(H,24,26). The van der Waals surface area contributed by atoms with Gasteiger partial charge in [-0.05, 0) is 49.7 Å². The van der Waals surface area contributed by atoms with E-state index in [1.165, 1.54) is 0 Å². The van der Waals surface area contributed by atoms with Gasteiger partial charge in [-0.1, -0.05) is 36.4 Å². The van der Waals surface area contributed by atoms with E-state index in [0.717, 1.165) is 11.2 Å². The molecule has 0 saturated heterocycles. The Balaban J connectivity index is 1.67. The van der Waals surface area contributed by atoms with E-state index in [-0.39, 0.29) is 5.91 Å². The first kappa shape index (κ1) is 16.8. The lowest BCUT2D eigenvalue weighted by atomic mass is 10.2. The summed E-state index contributed by atoms with van der Waals surface area (Å²) >= 11 is 0. The van der Waals surface area contributed by atoms with Crippen LogP contribution in [0.4, 0.5) is 5.69 Å². The minimum Gasteiger partial charge on any atom is -0.455 e. The van der Waals surface area contributed by atoms with Gasteiger partial charge in [0.1, 0.15) is 17.1 Å². The summed E-state index contributed by atoms with van der Waals surface area (Å²) in [6.07, 6.45) is 1.85. The molecule has 4 aromatic rings. The topological polar surface area (TPSA) is 55.6 Å². The number of aromatic nitrogens is 2. The lowest BCUT2D eigenvalue weighted by Crippen LogP contribution is -2.16. The fourth-order valence-corrected chi connectivity index (χ4v) is 3.05. The lowest BCUT2D eigenvalue weighted by molar-refractivity contribution is 0.102. The number of benzene rings is 2. The van der Waals surface area contributed by atoms with E-state index in [1.807, 2.05) is 91.2 Å². The van der Waals surface area contributed by atoms with Crippen molar-refractivity contribution in [3.8, 4) is 11.5 Å². The molecule has 0 saturated carbocycles. The zero-order valence-electron chi connectivity index (χ0n) is 15.1. The summed E-state index contributed by atoms with van der Waals surface area (Å²) in [6.45, 7) is 3.82. The number of fused-ring (bicyclic) bond motifs is 1. The number of carbonyl (C=O) groups excluding carboxylic acids is 1. The first-order valence-electron chi connectivity index (χ1n) is 8.71. The van der Waals surface area contributed by atoms with Gasteiger partial charge in [-0.15, -0.1) is 0 Å². The molecule has 2 heterocycles. The molecule has 0 aliphatic rings. The number of nitrogens with one attached hydrogen (secondary N) is 1. The highest BCUT2D eigenvalue weighted by atomic mass is 16.5. The molecular formula is C22H19N3O2. The molecule has 0 radical (unpaired) electrons. The van der Waals surface area contributed by atoms with Crippen LogP contribution < -0.4 is 10.1 Å². The molecule has 134 valence electrons. The number of ether oxygens (including phenoxy) is 1. The highest BCUT2D eigenvalue weighted by molar-refractivity contribution is 6.05. The van der Waals surface area contributed by atoms with Gasteiger partial charge in [-0.2, -0.15) is 0 Å². The van der Waals surface area contributed by atoms with Gasteiger partial charge in [0, 0.05) is 6.20 Å². The predicted octanol–water partition coefficient (Wildman–Crippen LogP) is 5.00. The molecule has 0 aliphatic carbocycles. The zero-order valence-corrected chi connectivity index (χ0v) is 15.1. The van der Waals surface area contributed by atoms with Crippen molar-refractivity contribution in [1.82, 2.24) is 9.38 Å². The number of nitrogens with zero attached hydrogens (tertiary/aromatic N) is 2. The molecule has 0 atom stereocenters. The molecule has 0 bridgehead atoms. The number of hydrogen-bond donors (Lipinski definition) is 1. The number of anilines is 1. The molecule has 0 spiro atoms. The molecule has 0 fully saturated rings. The number of pyridine rings is 1. The fraction of sp³-hybridized carbons (Fsp3) is 0.0909. The van der Waals surface area contributed by atoms with Gasteiger partial charge in [0.25, 0.3) is 5.91 Å². The summed E-state index contributed by atoms with van der Waals surface area (Å²) in [6, 6.07) is 20.7. The second-order valence-corrected chi connectivity index (χ2v) is 6.30. The Labute approximate surface area is 157 Å². The van der Waals surface area contributed by atoms with Gasteiger partial charge >= 0.3 is 0 Å². The average molecular weight is 357 g/mol. The van der Waals surface area contributed by atoms with E-state index in [9.17, 15) is 4.79 Å². The van der Waals surface area contributed by atoms with Crippen molar-refractivity contribution >= 4 is 17.2 Å².